The van der Waals surface area contributed by atoms with Crippen molar-refractivity contribution in [3.8, 4) is 23.8 Å². The molecular weight excluding hydrogens is 499 g/mol. The number of carbonyl (C=O) groups is 1. The minimum Gasteiger partial charge on any atom is -0.454 e. The summed E-state index contributed by atoms with van der Waals surface area (Å²) in [6.07, 6.45) is -1.24. The molecule has 2 aliphatic heterocycles. The largest absolute Gasteiger partial charge is 0.454 e. The molecule has 0 spiro atoms. The summed E-state index contributed by atoms with van der Waals surface area (Å²) in [5.74, 6) is 2.69. The fraction of sp³-hybridized carbons (Fsp3) is 0.261. The minimum absolute atomic E-state index is 0.00633. The van der Waals surface area contributed by atoms with E-state index < -0.39 is 28.9 Å². The fourth-order valence-corrected chi connectivity index (χ4v) is 3.51. The van der Waals surface area contributed by atoms with Crippen LogP contribution in [0.2, 0.25) is 0 Å². The number of alkyl halides is 3. The SMILES string of the molecule is C#CCCC1=NN=C(c2cccc(C(F)(F)F)c2)NN1C(=O)OC(C)c1cc2c(cc1[N+](=O)[O-])OCO2. The first-order valence-corrected chi connectivity index (χ1v) is 10.7. The van der Waals surface area contributed by atoms with Crippen LogP contribution in [0.15, 0.2) is 46.6 Å². The first-order chi connectivity index (χ1) is 17.6. The van der Waals surface area contributed by atoms with Crippen molar-refractivity contribution < 1.29 is 37.1 Å². The summed E-state index contributed by atoms with van der Waals surface area (Å²) < 4.78 is 55.4. The monoisotopic (exact) mass is 517 g/mol. The highest BCUT2D eigenvalue weighted by atomic mass is 19.4. The average molecular weight is 517 g/mol. The molecule has 14 heteroatoms. The van der Waals surface area contributed by atoms with Gasteiger partial charge < -0.3 is 14.2 Å². The zero-order chi connectivity index (χ0) is 26.7. The van der Waals surface area contributed by atoms with E-state index in [1.165, 1.54) is 31.2 Å². The second-order valence-electron chi connectivity index (χ2n) is 7.74. The number of nitro benzene ring substituents is 1. The molecule has 192 valence electrons. The van der Waals surface area contributed by atoms with Gasteiger partial charge in [-0.15, -0.1) is 22.5 Å². The van der Waals surface area contributed by atoms with E-state index >= 15 is 0 Å². The van der Waals surface area contributed by atoms with Crippen molar-refractivity contribution in [1.29, 1.82) is 0 Å². The lowest BCUT2D eigenvalue weighted by molar-refractivity contribution is -0.386. The van der Waals surface area contributed by atoms with Crippen molar-refractivity contribution >= 4 is 23.5 Å². The van der Waals surface area contributed by atoms with Crippen LogP contribution in [0.1, 0.15) is 42.6 Å². The number of carbonyl (C=O) groups excluding carboxylic acids is 1. The maximum atomic E-state index is 13.2. The van der Waals surface area contributed by atoms with Gasteiger partial charge in [-0.3, -0.25) is 15.5 Å². The van der Waals surface area contributed by atoms with Crippen LogP contribution in [0.4, 0.5) is 23.7 Å². The van der Waals surface area contributed by atoms with E-state index in [9.17, 15) is 28.1 Å². The summed E-state index contributed by atoms with van der Waals surface area (Å²) >= 11 is 0. The topological polar surface area (TPSA) is 128 Å². The summed E-state index contributed by atoms with van der Waals surface area (Å²) in [5.41, 5.74) is 1.37. The van der Waals surface area contributed by atoms with Crippen LogP contribution in [0, 0.1) is 22.5 Å². The van der Waals surface area contributed by atoms with Gasteiger partial charge in [-0.25, -0.2) is 4.79 Å². The first kappa shape index (κ1) is 25.3. The molecule has 2 aromatic carbocycles. The van der Waals surface area contributed by atoms with Gasteiger partial charge >= 0.3 is 12.3 Å². The summed E-state index contributed by atoms with van der Waals surface area (Å²) in [5, 5.41) is 20.3. The predicted molar refractivity (Wildman–Crippen MR) is 123 cm³/mol. The Labute approximate surface area is 207 Å². The van der Waals surface area contributed by atoms with Gasteiger partial charge in [0.1, 0.15) is 6.10 Å². The molecule has 2 heterocycles. The Balaban J connectivity index is 1.60. The molecule has 2 aromatic rings. The van der Waals surface area contributed by atoms with Crippen molar-refractivity contribution in [2.45, 2.75) is 32.0 Å². The molecule has 2 aliphatic rings. The molecule has 0 saturated carbocycles. The summed E-state index contributed by atoms with van der Waals surface area (Å²) in [4.78, 5) is 24.1. The lowest BCUT2D eigenvalue weighted by atomic mass is 10.1. The Morgan fingerprint density at radius 3 is 2.70 bits per heavy atom. The van der Waals surface area contributed by atoms with Crippen LogP contribution in [0.5, 0.6) is 11.5 Å². The third-order valence-electron chi connectivity index (χ3n) is 5.31. The molecule has 37 heavy (non-hydrogen) atoms. The first-order valence-electron chi connectivity index (χ1n) is 10.7. The molecule has 4 rings (SSSR count). The highest BCUT2D eigenvalue weighted by molar-refractivity contribution is 6.06. The molecule has 1 unspecified atom stereocenters. The third-order valence-corrected chi connectivity index (χ3v) is 5.31. The lowest BCUT2D eigenvalue weighted by Crippen LogP contribution is -2.52. The Hall–Kier alpha value is -4.80. The number of terminal acetylenes is 1. The average Bonchev–Trinajstić information content (AvgIpc) is 3.34. The maximum Gasteiger partial charge on any atom is 0.435 e. The quantitative estimate of drug-likeness (QED) is 0.339. The number of halogens is 3. The number of nitro groups is 1. The van der Waals surface area contributed by atoms with Gasteiger partial charge in [-0.1, -0.05) is 12.1 Å². The summed E-state index contributed by atoms with van der Waals surface area (Å²) in [7, 11) is 0. The predicted octanol–water partition coefficient (Wildman–Crippen LogP) is 4.53. The van der Waals surface area contributed by atoms with Crippen molar-refractivity contribution in [3.05, 3.63) is 63.2 Å². The Morgan fingerprint density at radius 2 is 2.03 bits per heavy atom. The molecule has 0 aromatic heterocycles. The zero-order valence-electron chi connectivity index (χ0n) is 19.1. The Morgan fingerprint density at radius 1 is 1.30 bits per heavy atom. The van der Waals surface area contributed by atoms with Crippen LogP contribution in [-0.4, -0.2) is 34.5 Å². The van der Waals surface area contributed by atoms with Crippen molar-refractivity contribution in [2.24, 2.45) is 10.2 Å². The fourth-order valence-electron chi connectivity index (χ4n) is 3.51. The number of amides is 1. The number of hydrogen-bond donors (Lipinski definition) is 1. The van der Waals surface area contributed by atoms with Crippen LogP contribution < -0.4 is 14.9 Å². The van der Waals surface area contributed by atoms with Crippen LogP contribution in [0.3, 0.4) is 0 Å². The molecule has 11 nitrogen and oxygen atoms in total. The highest BCUT2D eigenvalue weighted by Gasteiger charge is 2.34. The van der Waals surface area contributed by atoms with Crippen LogP contribution in [0.25, 0.3) is 0 Å². The number of nitrogens with one attached hydrogen (secondary N) is 1. The summed E-state index contributed by atoms with van der Waals surface area (Å²) in [6.45, 7) is 1.29. The van der Waals surface area contributed by atoms with E-state index in [2.05, 4.69) is 21.5 Å². The third kappa shape index (κ3) is 5.40. The number of amidine groups is 2. The number of benzene rings is 2. The number of hydrazine groups is 1. The molecule has 0 radical (unpaired) electrons. The zero-order valence-corrected chi connectivity index (χ0v) is 19.1. The molecule has 1 atom stereocenters. The van der Waals surface area contributed by atoms with E-state index in [-0.39, 0.29) is 59.6 Å². The molecule has 0 fully saturated rings. The highest BCUT2D eigenvalue weighted by Crippen LogP contribution is 2.41. The summed E-state index contributed by atoms with van der Waals surface area (Å²) in [6, 6.07) is 6.77. The maximum absolute atomic E-state index is 13.2. The van der Waals surface area contributed by atoms with Crippen LogP contribution in [-0.2, 0) is 10.9 Å². The van der Waals surface area contributed by atoms with Gasteiger partial charge in [0.2, 0.25) is 6.79 Å². The molecule has 1 N–H and O–H groups in total. The van der Waals surface area contributed by atoms with E-state index in [4.69, 9.17) is 20.6 Å². The number of ether oxygens (including phenoxy) is 3. The van der Waals surface area contributed by atoms with Gasteiger partial charge in [-0.05, 0) is 25.1 Å². The minimum atomic E-state index is -4.60. The van der Waals surface area contributed by atoms with E-state index in [1.807, 2.05) is 0 Å². The molecular formula is C23H18F3N5O6. The Kier molecular flexibility index (Phi) is 6.87. The number of nitrogens with zero attached hydrogens (tertiary/aromatic N) is 4. The van der Waals surface area contributed by atoms with Crippen LogP contribution >= 0.6 is 0 Å². The van der Waals surface area contributed by atoms with Crippen molar-refractivity contribution in [1.82, 2.24) is 10.4 Å². The van der Waals surface area contributed by atoms with Crippen molar-refractivity contribution in [2.75, 3.05) is 6.79 Å². The second-order valence-corrected chi connectivity index (χ2v) is 7.74. The molecule has 0 aliphatic carbocycles. The van der Waals surface area contributed by atoms with E-state index in [0.29, 0.717) is 0 Å². The smallest absolute Gasteiger partial charge is 0.435 e. The van der Waals surface area contributed by atoms with Gasteiger partial charge in [0.25, 0.3) is 5.69 Å². The standard InChI is InChI=1S/C23H18F3N5O6/c1-3-4-8-20-27-28-21(14-6-5-7-15(9-14)23(24,25)26)29-30(20)22(32)37-13(2)16-10-18-19(36-12-35-18)11-17(16)31(33)34/h1,5-7,9-11,13H,4,8,12H2,2H3,(H,28,29). The van der Waals surface area contributed by atoms with E-state index in [1.54, 1.807) is 0 Å². The lowest BCUT2D eigenvalue weighted by Gasteiger charge is -2.28. The van der Waals surface area contributed by atoms with E-state index in [0.717, 1.165) is 17.1 Å². The second kappa shape index (κ2) is 10.1. The Bertz CT molecular complexity index is 1350. The number of rotatable bonds is 6. The molecule has 0 saturated heterocycles. The molecule has 0 bridgehead atoms. The van der Waals surface area contributed by atoms with Crippen molar-refractivity contribution in [3.63, 3.8) is 0 Å². The van der Waals surface area contributed by atoms with Gasteiger partial charge in [0.15, 0.2) is 23.2 Å². The van der Waals surface area contributed by atoms with Gasteiger partial charge in [0, 0.05) is 18.4 Å². The molecule has 1 amide bonds. The normalized spacial score (nSPS) is 15.2. The number of hydrogen-bond acceptors (Lipinski definition) is 9. The van der Waals surface area contributed by atoms with Gasteiger partial charge in [0.05, 0.1) is 22.1 Å². The van der Waals surface area contributed by atoms with Gasteiger partial charge in [-0.2, -0.15) is 18.2 Å². The number of fused-ring (bicyclic) bond motifs is 1.